The van der Waals surface area contributed by atoms with Crippen molar-refractivity contribution in [3.05, 3.63) is 0 Å². The Bertz CT molecular complexity index is 114. The van der Waals surface area contributed by atoms with E-state index in [1.165, 1.54) is 0 Å². The van der Waals surface area contributed by atoms with Crippen LogP contribution in [0, 0.1) is 0 Å². The molecule has 4 amide bonds. The van der Waals surface area contributed by atoms with E-state index < -0.39 is 12.1 Å². The number of carbonyl (C=O) groups excluding carboxylic acids is 2. The predicted octanol–water partition coefficient (Wildman–Crippen LogP) is -0.791. The van der Waals surface area contributed by atoms with Crippen molar-refractivity contribution in [2.45, 2.75) is 0 Å². The fourth-order valence-corrected chi connectivity index (χ4v) is 0.196. The van der Waals surface area contributed by atoms with Gasteiger partial charge in [-0.05, 0) is 0 Å². The monoisotopic (exact) mass is 135 g/mol. The van der Waals surface area contributed by atoms with Gasteiger partial charge in [-0.25, -0.2) is 9.59 Å². The number of imide groups is 1. The number of rotatable bonds is 0. The zero-order valence-corrected chi connectivity index (χ0v) is 4.74. The van der Waals surface area contributed by atoms with Gasteiger partial charge in [-0.1, -0.05) is 12.8 Å². The number of carbonyl (C=O) groups is 2. The first kappa shape index (κ1) is 7.09. The smallest absolute Gasteiger partial charge is 0.332 e. The molecule has 4 N–H and O–H groups in total. The molecule has 0 aliphatic rings. The molecule has 0 atom stereocenters. The normalized spacial score (nSPS) is 7.62. The minimum absolute atomic E-state index is 0.735. The SMILES string of the molecule is NC(=O)NC(=O)NS. The molecule has 0 unspecified atom stereocenters. The quantitative estimate of drug-likeness (QED) is 0.328. The summed E-state index contributed by atoms with van der Waals surface area (Å²) in [5.74, 6) is 0. The lowest BCUT2D eigenvalue weighted by Crippen LogP contribution is -2.38. The van der Waals surface area contributed by atoms with Crippen LogP contribution in [0.25, 0.3) is 0 Å². The van der Waals surface area contributed by atoms with Crippen molar-refractivity contribution in [2.24, 2.45) is 5.73 Å². The summed E-state index contributed by atoms with van der Waals surface area (Å²) < 4.78 is 1.84. The number of nitrogens with one attached hydrogen (secondary N) is 2. The van der Waals surface area contributed by atoms with Crippen molar-refractivity contribution >= 4 is 24.9 Å². The Morgan fingerprint density at radius 1 is 1.50 bits per heavy atom. The predicted molar refractivity (Wildman–Crippen MR) is 30.2 cm³/mol. The van der Waals surface area contributed by atoms with E-state index in [1.54, 1.807) is 5.32 Å². The van der Waals surface area contributed by atoms with Gasteiger partial charge in [0, 0.05) is 0 Å². The van der Waals surface area contributed by atoms with Gasteiger partial charge in [0.15, 0.2) is 0 Å². The number of urea groups is 2. The molecule has 46 valence electrons. The summed E-state index contributed by atoms with van der Waals surface area (Å²) in [6.07, 6.45) is 0. The summed E-state index contributed by atoms with van der Waals surface area (Å²) in [6, 6.07) is -1.64. The first-order chi connectivity index (χ1) is 3.66. The molecule has 0 bridgehead atoms. The first-order valence-electron chi connectivity index (χ1n) is 1.67. The molecular formula is C2H5N3O2S. The average Bonchev–Trinajstić information content (AvgIpc) is 1.65. The molecule has 0 heterocycles. The van der Waals surface area contributed by atoms with E-state index in [0.29, 0.717) is 0 Å². The van der Waals surface area contributed by atoms with Gasteiger partial charge in [0.2, 0.25) is 0 Å². The molecule has 0 spiro atoms. The van der Waals surface area contributed by atoms with Crippen molar-refractivity contribution < 1.29 is 9.59 Å². The van der Waals surface area contributed by atoms with Gasteiger partial charge >= 0.3 is 12.1 Å². The first-order valence-corrected chi connectivity index (χ1v) is 2.12. The van der Waals surface area contributed by atoms with Gasteiger partial charge in [0.25, 0.3) is 0 Å². The molecule has 0 aromatic heterocycles. The molecular weight excluding hydrogens is 130 g/mol. The Balaban J connectivity index is 3.40. The third-order valence-electron chi connectivity index (χ3n) is 0.338. The molecule has 0 radical (unpaired) electrons. The Morgan fingerprint density at radius 2 is 2.00 bits per heavy atom. The van der Waals surface area contributed by atoms with Crippen LogP contribution in [0.4, 0.5) is 9.59 Å². The second kappa shape index (κ2) is 3.14. The van der Waals surface area contributed by atoms with Crippen LogP contribution >= 0.6 is 12.8 Å². The Kier molecular flexibility index (Phi) is 2.78. The second-order valence-corrected chi connectivity index (χ2v) is 1.15. The molecule has 8 heavy (non-hydrogen) atoms. The molecule has 0 aromatic rings. The highest BCUT2D eigenvalue weighted by Gasteiger charge is 1.96. The molecule has 0 rings (SSSR count). The fraction of sp³-hybridized carbons (Fsp3) is 0. The van der Waals surface area contributed by atoms with Gasteiger partial charge < -0.3 is 5.73 Å². The molecule has 0 aliphatic carbocycles. The molecule has 0 aromatic carbocycles. The number of primary amides is 1. The number of nitrogens with two attached hydrogens (primary N) is 1. The molecule has 0 aliphatic heterocycles. The number of amides is 4. The lowest BCUT2D eigenvalue weighted by molar-refractivity contribution is 0.235. The third kappa shape index (κ3) is 3.29. The minimum atomic E-state index is -0.906. The van der Waals surface area contributed by atoms with E-state index in [4.69, 9.17) is 0 Å². The van der Waals surface area contributed by atoms with E-state index in [0.717, 1.165) is 0 Å². The molecule has 0 fully saturated rings. The van der Waals surface area contributed by atoms with Gasteiger partial charge in [-0.15, -0.1) is 0 Å². The fourth-order valence-electron chi connectivity index (χ4n) is 0.140. The van der Waals surface area contributed by atoms with Crippen molar-refractivity contribution in [3.63, 3.8) is 0 Å². The van der Waals surface area contributed by atoms with E-state index in [1.807, 2.05) is 4.72 Å². The Morgan fingerprint density at radius 3 is 2.12 bits per heavy atom. The molecule has 6 heteroatoms. The van der Waals surface area contributed by atoms with Crippen LogP contribution in [0.15, 0.2) is 0 Å². The minimum Gasteiger partial charge on any atom is -0.351 e. The molecule has 5 nitrogen and oxygen atoms in total. The van der Waals surface area contributed by atoms with Crippen LogP contribution in [0.1, 0.15) is 0 Å². The summed E-state index contributed by atoms with van der Waals surface area (Å²) in [5.41, 5.74) is 4.52. The van der Waals surface area contributed by atoms with Crippen LogP contribution in [0.2, 0.25) is 0 Å². The summed E-state index contributed by atoms with van der Waals surface area (Å²) >= 11 is 3.32. The van der Waals surface area contributed by atoms with Crippen molar-refractivity contribution in [1.82, 2.24) is 10.0 Å². The van der Waals surface area contributed by atoms with Gasteiger partial charge in [-0.3, -0.25) is 10.0 Å². The maximum atomic E-state index is 10.0. The highest BCUT2D eigenvalue weighted by Crippen LogP contribution is 1.63. The number of thiol groups is 1. The highest BCUT2D eigenvalue weighted by atomic mass is 32.1. The lowest BCUT2D eigenvalue weighted by Gasteiger charge is -1.94. The Hall–Kier alpha value is -0.910. The van der Waals surface area contributed by atoms with Crippen molar-refractivity contribution in [2.75, 3.05) is 0 Å². The summed E-state index contributed by atoms with van der Waals surface area (Å²) in [6.45, 7) is 0. The van der Waals surface area contributed by atoms with Crippen molar-refractivity contribution in [3.8, 4) is 0 Å². The zero-order valence-electron chi connectivity index (χ0n) is 3.84. The topological polar surface area (TPSA) is 84.2 Å². The summed E-state index contributed by atoms with van der Waals surface area (Å²) in [7, 11) is 0. The van der Waals surface area contributed by atoms with Gasteiger partial charge in [0.05, 0.1) is 0 Å². The maximum absolute atomic E-state index is 10.0. The van der Waals surface area contributed by atoms with Gasteiger partial charge in [0.1, 0.15) is 0 Å². The second-order valence-electron chi connectivity index (χ2n) is 0.930. The standard InChI is InChI=1S/C2H5N3O2S/c3-1(6)4-2(7)5-8/h8H,(H4,3,4,5,6,7). The van der Waals surface area contributed by atoms with Crippen LogP contribution in [-0.4, -0.2) is 12.1 Å². The van der Waals surface area contributed by atoms with Crippen LogP contribution in [0.5, 0.6) is 0 Å². The van der Waals surface area contributed by atoms with E-state index in [-0.39, 0.29) is 0 Å². The highest BCUT2D eigenvalue weighted by molar-refractivity contribution is 7.78. The number of hydrogen-bond donors (Lipinski definition) is 4. The van der Waals surface area contributed by atoms with Crippen LogP contribution in [0.3, 0.4) is 0 Å². The van der Waals surface area contributed by atoms with E-state index in [9.17, 15) is 9.59 Å². The third-order valence-corrected chi connectivity index (χ3v) is 0.541. The Labute approximate surface area is 51.2 Å². The van der Waals surface area contributed by atoms with Crippen LogP contribution < -0.4 is 15.8 Å². The average molecular weight is 135 g/mol. The maximum Gasteiger partial charge on any atom is 0.332 e. The van der Waals surface area contributed by atoms with Crippen molar-refractivity contribution in [1.29, 1.82) is 0 Å². The largest absolute Gasteiger partial charge is 0.351 e. The summed E-state index contributed by atoms with van der Waals surface area (Å²) in [5, 5.41) is 1.70. The lowest BCUT2D eigenvalue weighted by atomic mass is 10.9. The molecule has 0 saturated heterocycles. The number of hydrogen-bond acceptors (Lipinski definition) is 3. The summed E-state index contributed by atoms with van der Waals surface area (Å²) in [4.78, 5) is 19.8. The molecule has 0 saturated carbocycles. The van der Waals surface area contributed by atoms with E-state index in [2.05, 4.69) is 18.5 Å². The van der Waals surface area contributed by atoms with E-state index >= 15 is 0 Å². The van der Waals surface area contributed by atoms with Crippen LogP contribution in [-0.2, 0) is 0 Å². The zero-order chi connectivity index (χ0) is 6.57. The van der Waals surface area contributed by atoms with Gasteiger partial charge in [-0.2, -0.15) is 0 Å².